The Bertz CT molecular complexity index is 584. The van der Waals surface area contributed by atoms with E-state index in [4.69, 9.17) is 5.73 Å². The van der Waals surface area contributed by atoms with Gasteiger partial charge in [-0.2, -0.15) is 5.10 Å². The predicted molar refractivity (Wildman–Crippen MR) is 90.0 cm³/mol. The van der Waals surface area contributed by atoms with Crippen molar-refractivity contribution in [1.82, 2.24) is 14.7 Å². The molecule has 0 amide bonds. The summed E-state index contributed by atoms with van der Waals surface area (Å²) in [4.78, 5) is 4.99. The molecule has 2 heterocycles. The summed E-state index contributed by atoms with van der Waals surface area (Å²) in [7, 11) is 0. The Morgan fingerprint density at radius 2 is 1.82 bits per heavy atom. The number of hydrogen-bond donors (Lipinski definition) is 1. The van der Waals surface area contributed by atoms with Crippen molar-refractivity contribution in [3.63, 3.8) is 0 Å². The van der Waals surface area contributed by atoms with E-state index in [1.165, 1.54) is 5.69 Å². The first-order valence-corrected chi connectivity index (χ1v) is 8.02. The number of nitrogens with two attached hydrogens (primary N) is 1. The quantitative estimate of drug-likeness (QED) is 0.908. The number of hydrogen-bond acceptors (Lipinski definition) is 4. The molecule has 5 heteroatoms. The summed E-state index contributed by atoms with van der Waals surface area (Å²) < 4.78 is 1.86. The van der Waals surface area contributed by atoms with Crippen molar-refractivity contribution in [2.45, 2.75) is 20.0 Å². The average molecular weight is 299 g/mol. The third-order valence-electron chi connectivity index (χ3n) is 4.38. The largest absolute Gasteiger partial charge is 0.369 e. The first-order chi connectivity index (χ1) is 10.8. The Kier molecular flexibility index (Phi) is 4.75. The second-order valence-corrected chi connectivity index (χ2v) is 5.87. The smallest absolute Gasteiger partial charge is 0.0881 e. The SMILES string of the molecule is Cc1cc(CCN2CCN(c3ccccc3)CC2)nn1CN. The zero-order valence-electron chi connectivity index (χ0n) is 13.3. The van der Waals surface area contributed by atoms with Crippen LogP contribution >= 0.6 is 0 Å². The Hall–Kier alpha value is -1.85. The second kappa shape index (κ2) is 6.94. The van der Waals surface area contributed by atoms with Gasteiger partial charge in [-0.3, -0.25) is 9.58 Å². The van der Waals surface area contributed by atoms with E-state index in [0.717, 1.165) is 50.5 Å². The third kappa shape index (κ3) is 3.48. The molecule has 118 valence electrons. The lowest BCUT2D eigenvalue weighted by molar-refractivity contribution is 0.260. The molecular weight excluding hydrogens is 274 g/mol. The van der Waals surface area contributed by atoms with Gasteiger partial charge in [-0.25, -0.2) is 0 Å². The fourth-order valence-corrected chi connectivity index (χ4v) is 3.03. The van der Waals surface area contributed by atoms with Crippen LogP contribution in [0.3, 0.4) is 0 Å². The number of rotatable bonds is 5. The summed E-state index contributed by atoms with van der Waals surface area (Å²) in [6.45, 7) is 8.02. The van der Waals surface area contributed by atoms with Crippen LogP contribution in [0.1, 0.15) is 11.4 Å². The maximum absolute atomic E-state index is 5.66. The molecule has 1 aromatic heterocycles. The minimum absolute atomic E-state index is 0.460. The average Bonchev–Trinajstić information content (AvgIpc) is 2.94. The lowest BCUT2D eigenvalue weighted by Gasteiger charge is -2.36. The van der Waals surface area contributed by atoms with E-state index in [2.05, 4.69) is 58.2 Å². The number of benzene rings is 1. The van der Waals surface area contributed by atoms with Crippen molar-refractivity contribution in [2.75, 3.05) is 37.6 Å². The zero-order valence-corrected chi connectivity index (χ0v) is 13.3. The monoisotopic (exact) mass is 299 g/mol. The molecule has 22 heavy (non-hydrogen) atoms. The minimum atomic E-state index is 0.460. The first kappa shape index (κ1) is 15.1. The summed E-state index contributed by atoms with van der Waals surface area (Å²) in [6.07, 6.45) is 0.999. The molecule has 2 aromatic rings. The van der Waals surface area contributed by atoms with Gasteiger partial charge in [0.25, 0.3) is 0 Å². The van der Waals surface area contributed by atoms with Gasteiger partial charge < -0.3 is 10.6 Å². The molecule has 1 fully saturated rings. The van der Waals surface area contributed by atoms with Crippen LogP contribution in [0.4, 0.5) is 5.69 Å². The maximum Gasteiger partial charge on any atom is 0.0881 e. The summed E-state index contributed by atoms with van der Waals surface area (Å²) in [5.41, 5.74) is 9.28. The highest BCUT2D eigenvalue weighted by Crippen LogP contribution is 2.15. The summed E-state index contributed by atoms with van der Waals surface area (Å²) >= 11 is 0. The lowest BCUT2D eigenvalue weighted by atomic mass is 10.2. The summed E-state index contributed by atoms with van der Waals surface area (Å²) in [5, 5.41) is 4.53. The van der Waals surface area contributed by atoms with Gasteiger partial charge in [0.05, 0.1) is 12.4 Å². The number of para-hydroxylation sites is 1. The number of aryl methyl sites for hydroxylation is 1. The maximum atomic E-state index is 5.66. The fraction of sp³-hybridized carbons (Fsp3) is 0.471. The molecule has 0 radical (unpaired) electrons. The number of piperazine rings is 1. The molecular formula is C17H25N5. The third-order valence-corrected chi connectivity index (χ3v) is 4.38. The van der Waals surface area contributed by atoms with Crippen LogP contribution in [0, 0.1) is 6.92 Å². The summed E-state index contributed by atoms with van der Waals surface area (Å²) in [5.74, 6) is 0. The van der Waals surface area contributed by atoms with E-state index >= 15 is 0 Å². The highest BCUT2D eigenvalue weighted by Gasteiger charge is 2.17. The molecule has 1 saturated heterocycles. The van der Waals surface area contributed by atoms with Gasteiger partial charge in [0.15, 0.2) is 0 Å². The summed E-state index contributed by atoms with van der Waals surface area (Å²) in [6, 6.07) is 12.8. The van der Waals surface area contributed by atoms with Crippen LogP contribution in [0.15, 0.2) is 36.4 Å². The van der Waals surface area contributed by atoms with Crippen molar-refractivity contribution in [1.29, 1.82) is 0 Å². The van der Waals surface area contributed by atoms with Crippen LogP contribution in [0.25, 0.3) is 0 Å². The predicted octanol–water partition coefficient (Wildman–Crippen LogP) is 1.47. The second-order valence-electron chi connectivity index (χ2n) is 5.87. The topological polar surface area (TPSA) is 50.3 Å². The van der Waals surface area contributed by atoms with Crippen LogP contribution in [0.5, 0.6) is 0 Å². The van der Waals surface area contributed by atoms with E-state index in [1.807, 2.05) is 4.68 Å². The molecule has 0 aliphatic carbocycles. The van der Waals surface area contributed by atoms with Crippen LogP contribution in [-0.4, -0.2) is 47.4 Å². The molecule has 1 aliphatic rings. The molecule has 5 nitrogen and oxygen atoms in total. The van der Waals surface area contributed by atoms with Gasteiger partial charge in [-0.15, -0.1) is 0 Å². The van der Waals surface area contributed by atoms with Crippen molar-refractivity contribution in [3.8, 4) is 0 Å². The molecule has 1 aliphatic heterocycles. The Balaban J connectivity index is 1.47. The highest BCUT2D eigenvalue weighted by atomic mass is 15.3. The van der Waals surface area contributed by atoms with Crippen molar-refractivity contribution in [3.05, 3.63) is 47.8 Å². The number of aromatic nitrogens is 2. The van der Waals surface area contributed by atoms with Gasteiger partial charge >= 0.3 is 0 Å². The van der Waals surface area contributed by atoms with Gasteiger partial charge in [0.1, 0.15) is 0 Å². The normalized spacial score (nSPS) is 16.2. The number of anilines is 1. The highest BCUT2D eigenvalue weighted by molar-refractivity contribution is 5.46. The van der Waals surface area contributed by atoms with Crippen molar-refractivity contribution in [2.24, 2.45) is 5.73 Å². The molecule has 1 aromatic carbocycles. The Morgan fingerprint density at radius 1 is 1.09 bits per heavy atom. The molecule has 3 rings (SSSR count). The molecule has 0 bridgehead atoms. The van der Waals surface area contributed by atoms with E-state index < -0.39 is 0 Å². The van der Waals surface area contributed by atoms with Gasteiger partial charge in [0, 0.05) is 50.5 Å². The van der Waals surface area contributed by atoms with Gasteiger partial charge in [0.2, 0.25) is 0 Å². The fourth-order valence-electron chi connectivity index (χ4n) is 3.03. The van der Waals surface area contributed by atoms with Crippen molar-refractivity contribution >= 4 is 5.69 Å². The Morgan fingerprint density at radius 3 is 2.45 bits per heavy atom. The molecule has 0 spiro atoms. The van der Waals surface area contributed by atoms with E-state index in [1.54, 1.807) is 0 Å². The Labute approximate surface area is 132 Å². The number of nitrogens with zero attached hydrogens (tertiary/aromatic N) is 4. The van der Waals surface area contributed by atoms with E-state index in [9.17, 15) is 0 Å². The lowest BCUT2D eigenvalue weighted by Crippen LogP contribution is -2.47. The first-order valence-electron chi connectivity index (χ1n) is 8.02. The van der Waals surface area contributed by atoms with Crippen molar-refractivity contribution < 1.29 is 0 Å². The van der Waals surface area contributed by atoms with Gasteiger partial charge in [-0.1, -0.05) is 18.2 Å². The molecule has 2 N–H and O–H groups in total. The molecule has 0 atom stereocenters. The van der Waals surface area contributed by atoms with E-state index in [-0.39, 0.29) is 0 Å². The van der Waals surface area contributed by atoms with Crippen LogP contribution in [0.2, 0.25) is 0 Å². The zero-order chi connectivity index (χ0) is 15.4. The van der Waals surface area contributed by atoms with Crippen LogP contribution in [-0.2, 0) is 13.1 Å². The molecule has 0 unspecified atom stereocenters. The van der Waals surface area contributed by atoms with E-state index in [0.29, 0.717) is 6.67 Å². The standard InChI is InChI=1S/C17H25N5/c1-15-13-16(19-22(15)14-18)7-8-20-9-11-21(12-10-20)17-5-3-2-4-6-17/h2-6,13H,7-12,14,18H2,1H3. The minimum Gasteiger partial charge on any atom is -0.369 e. The van der Waals surface area contributed by atoms with Crippen LogP contribution < -0.4 is 10.6 Å². The molecule has 0 saturated carbocycles. The van der Waals surface area contributed by atoms with Gasteiger partial charge in [-0.05, 0) is 25.1 Å².